The zero-order valence-electron chi connectivity index (χ0n) is 20.3. The minimum Gasteiger partial charge on any atom is -0.462 e. The van der Waals surface area contributed by atoms with Crippen LogP contribution in [-0.2, 0) is 43.8 Å². The molecule has 204 valence electrons. The van der Waals surface area contributed by atoms with Crippen molar-refractivity contribution in [3.8, 4) is 0 Å². The molecule has 0 unspecified atom stereocenters. The van der Waals surface area contributed by atoms with E-state index in [1.54, 1.807) is 6.92 Å². The molecule has 1 aliphatic rings. The maximum absolute atomic E-state index is 13.2. The topological polar surface area (TPSA) is 180 Å². The minimum atomic E-state index is -4.19. The van der Waals surface area contributed by atoms with Gasteiger partial charge in [-0.15, -0.1) is 11.3 Å². The zero-order chi connectivity index (χ0) is 27.1. The number of carbonyl (C=O) groups is 3. The monoisotopic (exact) mass is 569 g/mol. The number of ether oxygens (including phenoxy) is 3. The van der Waals surface area contributed by atoms with Gasteiger partial charge >= 0.3 is 12.1 Å². The average molecular weight is 570 g/mol. The van der Waals surface area contributed by atoms with E-state index in [0.717, 1.165) is 0 Å². The first kappa shape index (κ1) is 30.1. The first-order valence-electron chi connectivity index (χ1n) is 11.1. The maximum Gasteiger partial charge on any atom is 0.410 e. The summed E-state index contributed by atoms with van der Waals surface area (Å²) in [7, 11) is -6.73. The number of carbonyl (C=O) groups excluding carboxylic acids is 3. The van der Waals surface area contributed by atoms with Crippen molar-refractivity contribution in [2.24, 2.45) is 5.14 Å². The molecule has 0 fully saturated rings. The normalized spacial score (nSPS) is 17.3. The van der Waals surface area contributed by atoms with Crippen LogP contribution in [0.1, 0.15) is 44.7 Å². The summed E-state index contributed by atoms with van der Waals surface area (Å²) in [6, 6.07) is 0.338. The number of hydrogen-bond acceptors (Lipinski definition) is 11. The van der Waals surface area contributed by atoms with Gasteiger partial charge in [0.2, 0.25) is 10.0 Å². The molecule has 2 N–H and O–H groups in total. The molecule has 0 radical (unpaired) electrons. The average Bonchev–Trinajstić information content (AvgIpc) is 3.26. The highest BCUT2D eigenvalue weighted by Gasteiger charge is 2.43. The summed E-state index contributed by atoms with van der Waals surface area (Å²) in [6.07, 6.45) is -0.436. The number of esters is 1. The van der Waals surface area contributed by atoms with E-state index in [1.165, 1.54) is 29.3 Å². The number of rotatable bonds is 13. The Kier molecular flexibility index (Phi) is 10.8. The molecule has 0 aromatic carbocycles. The van der Waals surface area contributed by atoms with Crippen LogP contribution >= 0.6 is 11.3 Å². The van der Waals surface area contributed by atoms with Crippen molar-refractivity contribution in [3.63, 3.8) is 0 Å². The summed E-state index contributed by atoms with van der Waals surface area (Å²) >= 11 is 0.533. The van der Waals surface area contributed by atoms with Crippen LogP contribution in [0.5, 0.6) is 0 Å². The molecule has 36 heavy (non-hydrogen) atoms. The van der Waals surface area contributed by atoms with Gasteiger partial charge in [0.1, 0.15) is 27.4 Å². The van der Waals surface area contributed by atoms with Crippen LogP contribution < -0.4 is 5.14 Å². The highest BCUT2D eigenvalue weighted by Crippen LogP contribution is 2.42. The lowest BCUT2D eigenvalue weighted by Crippen LogP contribution is -2.47. The molecule has 16 heteroatoms. The lowest BCUT2D eigenvalue weighted by Gasteiger charge is -2.37. The Morgan fingerprint density at radius 3 is 2.44 bits per heavy atom. The highest BCUT2D eigenvalue weighted by molar-refractivity contribution is 7.94. The first-order chi connectivity index (χ1) is 16.8. The zero-order valence-corrected chi connectivity index (χ0v) is 22.7. The summed E-state index contributed by atoms with van der Waals surface area (Å²) in [5.41, 5.74) is 0.140. The van der Waals surface area contributed by atoms with Crippen LogP contribution in [0.4, 0.5) is 4.79 Å². The van der Waals surface area contributed by atoms with Crippen LogP contribution in [-0.4, -0.2) is 90.5 Å². The van der Waals surface area contributed by atoms with Crippen molar-refractivity contribution >= 4 is 49.2 Å². The molecule has 0 bridgehead atoms. The number of likely N-dealkylation sites (N-methyl/N-ethyl adjacent to an activating group) is 1. The van der Waals surface area contributed by atoms with Gasteiger partial charge < -0.3 is 23.9 Å². The van der Waals surface area contributed by atoms with Crippen molar-refractivity contribution in [2.45, 2.75) is 47.6 Å². The summed E-state index contributed by atoms with van der Waals surface area (Å²) in [4.78, 5) is 36.7. The molecule has 2 heterocycles. The number of amides is 1. The second-order valence-corrected chi connectivity index (χ2v) is 12.9. The third-order valence-corrected chi connectivity index (χ3v) is 10.2. The van der Waals surface area contributed by atoms with E-state index in [4.69, 9.17) is 19.3 Å². The van der Waals surface area contributed by atoms with E-state index in [2.05, 4.69) is 0 Å². The summed E-state index contributed by atoms with van der Waals surface area (Å²) in [5, 5.41) is 5.24. The van der Waals surface area contributed by atoms with Crippen LogP contribution in [0, 0.1) is 0 Å². The lowest BCUT2D eigenvalue weighted by molar-refractivity contribution is -0.145. The molecule has 0 spiro atoms. The van der Waals surface area contributed by atoms with E-state index >= 15 is 0 Å². The Hall–Kier alpha value is -2.11. The molecule has 1 atom stereocenters. The Bertz CT molecular complexity index is 1160. The summed E-state index contributed by atoms with van der Waals surface area (Å²) < 4.78 is 66.1. The molecule has 0 saturated carbocycles. The van der Waals surface area contributed by atoms with Gasteiger partial charge in [-0.3, -0.25) is 4.79 Å². The fourth-order valence-corrected chi connectivity index (χ4v) is 7.79. The third kappa shape index (κ3) is 7.69. The smallest absolute Gasteiger partial charge is 0.410 e. The molecule has 13 nitrogen and oxygen atoms in total. The standard InChI is InChI=1S/C20H31N3O10S3/c1-4-23(20(26)33-11-10-32-17(25)7-6-14(2)24)16-13-22(8-5-9-31-3)36(29,30)19-15(16)12-18(34-19)35(21,27)28/h12,16H,4-11,13H2,1-3H3,(H2,21,27,28)/t16-/m0/s1. The molecule has 1 aliphatic heterocycles. The van der Waals surface area contributed by atoms with Gasteiger partial charge in [0.05, 0.1) is 12.5 Å². The number of Topliss-reactive ketones (excluding diaryl/α,β-unsaturated/α-hetero) is 1. The number of nitrogens with two attached hydrogens (primary N) is 1. The van der Waals surface area contributed by atoms with Crippen LogP contribution in [0.25, 0.3) is 0 Å². The highest BCUT2D eigenvalue weighted by atomic mass is 32.3. The third-order valence-electron chi connectivity index (χ3n) is 5.25. The van der Waals surface area contributed by atoms with Gasteiger partial charge in [0, 0.05) is 45.3 Å². The number of hydrogen-bond donors (Lipinski definition) is 1. The van der Waals surface area contributed by atoms with E-state index in [0.29, 0.717) is 24.4 Å². The predicted octanol–water partition coefficient (Wildman–Crippen LogP) is 0.848. The maximum atomic E-state index is 13.2. The molecule has 0 saturated heterocycles. The molecular formula is C20H31N3O10S3. The van der Waals surface area contributed by atoms with Gasteiger partial charge in [0.25, 0.3) is 10.0 Å². The summed E-state index contributed by atoms with van der Waals surface area (Å²) in [5.74, 6) is -0.752. The molecule has 1 amide bonds. The van der Waals surface area contributed by atoms with Crippen LogP contribution in [0.2, 0.25) is 0 Å². The van der Waals surface area contributed by atoms with Crippen molar-refractivity contribution in [1.82, 2.24) is 9.21 Å². The Balaban J connectivity index is 2.22. The van der Waals surface area contributed by atoms with Crippen molar-refractivity contribution in [1.29, 1.82) is 0 Å². The van der Waals surface area contributed by atoms with Crippen molar-refractivity contribution < 1.29 is 45.4 Å². The number of sulfonamides is 2. The number of nitrogens with zero attached hydrogens (tertiary/aromatic N) is 2. The Morgan fingerprint density at radius 1 is 1.19 bits per heavy atom. The van der Waals surface area contributed by atoms with E-state index in [-0.39, 0.29) is 65.5 Å². The van der Waals surface area contributed by atoms with Gasteiger partial charge in [0.15, 0.2) is 0 Å². The van der Waals surface area contributed by atoms with E-state index in [9.17, 15) is 31.2 Å². The van der Waals surface area contributed by atoms with Crippen molar-refractivity contribution in [3.05, 3.63) is 11.6 Å². The number of ketones is 1. The SMILES string of the molecule is CCN(C(=O)OCCOC(=O)CCC(C)=O)[C@H]1CN(CCCOC)S(=O)(=O)c2sc(S(N)(=O)=O)cc21. The fourth-order valence-electron chi connectivity index (χ4n) is 3.50. The molecule has 2 rings (SSSR count). The second kappa shape index (κ2) is 12.9. The van der Waals surface area contributed by atoms with Crippen LogP contribution in [0.15, 0.2) is 14.5 Å². The first-order valence-corrected chi connectivity index (χ1v) is 14.9. The van der Waals surface area contributed by atoms with Gasteiger partial charge in [-0.05, 0) is 26.3 Å². The minimum absolute atomic E-state index is 0.0528. The summed E-state index contributed by atoms with van der Waals surface area (Å²) in [6.45, 7) is 2.93. The largest absolute Gasteiger partial charge is 0.462 e. The number of methoxy groups -OCH3 is 1. The van der Waals surface area contributed by atoms with Gasteiger partial charge in [-0.1, -0.05) is 0 Å². The van der Waals surface area contributed by atoms with Gasteiger partial charge in [-0.2, -0.15) is 4.31 Å². The molecular weight excluding hydrogens is 538 g/mol. The Labute approximate surface area is 214 Å². The number of primary sulfonamides is 1. The van der Waals surface area contributed by atoms with Crippen molar-refractivity contribution in [2.75, 3.05) is 46.6 Å². The molecule has 1 aromatic rings. The van der Waals surface area contributed by atoms with Gasteiger partial charge in [-0.25, -0.2) is 26.8 Å². The number of fused-ring (bicyclic) bond motifs is 1. The quantitative estimate of drug-likeness (QED) is 0.264. The van der Waals surface area contributed by atoms with E-state index < -0.39 is 38.2 Å². The molecule has 1 aromatic heterocycles. The lowest BCUT2D eigenvalue weighted by atomic mass is 10.1. The van der Waals surface area contributed by atoms with E-state index in [1.807, 2.05) is 0 Å². The molecule has 0 aliphatic carbocycles. The second-order valence-electron chi connectivity index (χ2n) is 7.90. The fraction of sp³-hybridized carbons (Fsp3) is 0.650. The van der Waals surface area contributed by atoms with Crippen LogP contribution in [0.3, 0.4) is 0 Å². The Morgan fingerprint density at radius 2 is 1.86 bits per heavy atom. The number of thiophene rings is 1. The predicted molar refractivity (Wildman–Crippen MR) is 128 cm³/mol.